The smallest absolute Gasteiger partial charge is 0.332 e. The first-order chi connectivity index (χ1) is 13.6. The van der Waals surface area contributed by atoms with Gasteiger partial charge in [-0.2, -0.15) is 5.10 Å². The normalized spacial score (nSPS) is 10.5. The van der Waals surface area contributed by atoms with Crippen molar-refractivity contribution in [3.8, 4) is 23.0 Å². The topological polar surface area (TPSA) is 104 Å². The van der Waals surface area contributed by atoms with Crippen LogP contribution in [-0.4, -0.2) is 39.2 Å². The summed E-state index contributed by atoms with van der Waals surface area (Å²) in [7, 11) is 1.62. The zero-order chi connectivity index (χ0) is 20.2. The molecule has 0 saturated heterocycles. The minimum atomic E-state index is -0.725. The SMILES string of the molecule is CCOc1cc(/C=N/NC(N)=O)ccc1OCCCOc1cccc(OC)c1. The van der Waals surface area contributed by atoms with Crippen molar-refractivity contribution in [2.24, 2.45) is 10.8 Å². The number of carbonyl (C=O) groups excluding carboxylic acids is 1. The first-order valence-corrected chi connectivity index (χ1v) is 8.87. The summed E-state index contributed by atoms with van der Waals surface area (Å²) in [5, 5.41) is 3.73. The summed E-state index contributed by atoms with van der Waals surface area (Å²) in [5.41, 5.74) is 7.85. The second kappa shape index (κ2) is 11.3. The Labute approximate surface area is 164 Å². The predicted molar refractivity (Wildman–Crippen MR) is 107 cm³/mol. The second-order valence-electron chi connectivity index (χ2n) is 5.60. The van der Waals surface area contributed by atoms with Crippen LogP contribution in [0.25, 0.3) is 0 Å². The van der Waals surface area contributed by atoms with Gasteiger partial charge in [0.25, 0.3) is 0 Å². The van der Waals surface area contributed by atoms with Crippen LogP contribution in [0.15, 0.2) is 47.6 Å². The number of ether oxygens (including phenoxy) is 4. The predicted octanol–water partition coefficient (Wildman–Crippen LogP) is 2.94. The van der Waals surface area contributed by atoms with Gasteiger partial charge in [-0.1, -0.05) is 6.07 Å². The van der Waals surface area contributed by atoms with Crippen LogP contribution in [0.1, 0.15) is 18.9 Å². The molecule has 0 bridgehead atoms. The number of methoxy groups -OCH3 is 1. The van der Waals surface area contributed by atoms with Crippen LogP contribution in [0.3, 0.4) is 0 Å². The van der Waals surface area contributed by atoms with E-state index in [0.29, 0.717) is 37.7 Å². The number of benzene rings is 2. The Hall–Kier alpha value is -3.42. The van der Waals surface area contributed by atoms with Crippen LogP contribution in [0.2, 0.25) is 0 Å². The summed E-state index contributed by atoms with van der Waals surface area (Å²) in [6.07, 6.45) is 2.17. The van der Waals surface area contributed by atoms with E-state index in [4.69, 9.17) is 24.7 Å². The number of hydrazone groups is 1. The number of nitrogens with one attached hydrogen (secondary N) is 1. The van der Waals surface area contributed by atoms with E-state index in [1.54, 1.807) is 25.3 Å². The first-order valence-electron chi connectivity index (χ1n) is 8.87. The van der Waals surface area contributed by atoms with Gasteiger partial charge < -0.3 is 24.7 Å². The molecule has 2 amide bonds. The second-order valence-corrected chi connectivity index (χ2v) is 5.60. The van der Waals surface area contributed by atoms with Crippen molar-refractivity contribution in [2.75, 3.05) is 26.9 Å². The molecule has 28 heavy (non-hydrogen) atoms. The van der Waals surface area contributed by atoms with Crippen LogP contribution in [0, 0.1) is 0 Å². The van der Waals surface area contributed by atoms with Gasteiger partial charge in [0.1, 0.15) is 11.5 Å². The molecule has 3 N–H and O–H groups in total. The zero-order valence-corrected chi connectivity index (χ0v) is 16.0. The Morgan fingerprint density at radius 3 is 2.61 bits per heavy atom. The van der Waals surface area contributed by atoms with E-state index in [0.717, 1.165) is 17.1 Å². The molecule has 2 aromatic rings. The number of hydrogen-bond acceptors (Lipinski definition) is 6. The highest BCUT2D eigenvalue weighted by Gasteiger charge is 2.06. The van der Waals surface area contributed by atoms with E-state index in [9.17, 15) is 4.79 Å². The van der Waals surface area contributed by atoms with Gasteiger partial charge in [0.2, 0.25) is 0 Å². The summed E-state index contributed by atoms with van der Waals surface area (Å²) < 4.78 is 22.3. The third-order valence-electron chi connectivity index (χ3n) is 3.51. The van der Waals surface area contributed by atoms with Crippen molar-refractivity contribution in [2.45, 2.75) is 13.3 Å². The third kappa shape index (κ3) is 7.06. The molecule has 0 radical (unpaired) electrons. The Balaban J connectivity index is 1.84. The van der Waals surface area contributed by atoms with E-state index in [2.05, 4.69) is 10.5 Å². The highest BCUT2D eigenvalue weighted by Crippen LogP contribution is 2.28. The molecule has 8 nitrogen and oxygen atoms in total. The van der Waals surface area contributed by atoms with Crippen LogP contribution < -0.4 is 30.1 Å². The number of primary amides is 1. The molecule has 2 rings (SSSR count). The molecule has 2 aromatic carbocycles. The molecule has 0 aliphatic carbocycles. The molecule has 150 valence electrons. The molecule has 8 heteroatoms. The molecule has 0 fully saturated rings. The van der Waals surface area contributed by atoms with Gasteiger partial charge in [0.05, 0.1) is 33.1 Å². The summed E-state index contributed by atoms with van der Waals surface area (Å²) in [4.78, 5) is 10.6. The molecule has 0 aliphatic heterocycles. The number of rotatable bonds is 11. The fourth-order valence-electron chi connectivity index (χ4n) is 2.28. The lowest BCUT2D eigenvalue weighted by atomic mass is 10.2. The Kier molecular flexibility index (Phi) is 8.45. The van der Waals surface area contributed by atoms with Gasteiger partial charge in [-0.3, -0.25) is 0 Å². The van der Waals surface area contributed by atoms with Crippen molar-refractivity contribution in [1.82, 2.24) is 5.43 Å². The van der Waals surface area contributed by atoms with Crippen molar-refractivity contribution < 1.29 is 23.7 Å². The van der Waals surface area contributed by atoms with Gasteiger partial charge >= 0.3 is 6.03 Å². The Morgan fingerprint density at radius 1 is 1.07 bits per heavy atom. The standard InChI is InChI=1S/C20H25N3O5/c1-3-26-19-12-15(14-22-23-20(21)24)8-9-18(19)28-11-5-10-27-17-7-4-6-16(13-17)25-2/h4,6-9,12-14H,3,5,10-11H2,1-2H3,(H3,21,23,24)/b22-14+. The van der Waals surface area contributed by atoms with E-state index in [1.807, 2.05) is 31.2 Å². The van der Waals surface area contributed by atoms with Crippen molar-refractivity contribution in [3.05, 3.63) is 48.0 Å². The highest BCUT2D eigenvalue weighted by atomic mass is 16.5. The van der Waals surface area contributed by atoms with E-state index in [-0.39, 0.29) is 0 Å². The Bertz CT molecular complexity index is 795. The first kappa shape index (κ1) is 20.9. The van der Waals surface area contributed by atoms with Crippen molar-refractivity contribution >= 4 is 12.2 Å². The number of carbonyl (C=O) groups is 1. The molecular weight excluding hydrogens is 362 g/mol. The number of hydrogen-bond donors (Lipinski definition) is 2. The van der Waals surface area contributed by atoms with E-state index >= 15 is 0 Å². The van der Waals surface area contributed by atoms with Gasteiger partial charge in [-0.25, -0.2) is 10.2 Å². The molecule has 0 atom stereocenters. The van der Waals surface area contributed by atoms with Gasteiger partial charge in [0.15, 0.2) is 11.5 Å². The van der Waals surface area contributed by atoms with E-state index in [1.165, 1.54) is 6.21 Å². The number of nitrogens with two attached hydrogens (primary N) is 1. The molecule has 0 aromatic heterocycles. The van der Waals surface area contributed by atoms with Gasteiger partial charge in [0, 0.05) is 12.5 Å². The van der Waals surface area contributed by atoms with E-state index < -0.39 is 6.03 Å². The van der Waals surface area contributed by atoms with Crippen molar-refractivity contribution in [1.29, 1.82) is 0 Å². The maximum absolute atomic E-state index is 10.6. The average molecular weight is 387 g/mol. The van der Waals surface area contributed by atoms with Crippen LogP contribution >= 0.6 is 0 Å². The van der Waals surface area contributed by atoms with Crippen LogP contribution in [0.5, 0.6) is 23.0 Å². The lowest BCUT2D eigenvalue weighted by molar-refractivity contribution is 0.235. The Morgan fingerprint density at radius 2 is 1.86 bits per heavy atom. The summed E-state index contributed by atoms with van der Waals surface area (Å²) in [6.45, 7) is 3.37. The number of nitrogens with zero attached hydrogens (tertiary/aromatic N) is 1. The summed E-state index contributed by atoms with van der Waals surface area (Å²) >= 11 is 0. The van der Waals surface area contributed by atoms with Gasteiger partial charge in [-0.15, -0.1) is 0 Å². The molecule has 0 saturated carbocycles. The molecular formula is C20H25N3O5. The maximum Gasteiger partial charge on any atom is 0.332 e. The number of amides is 2. The fraction of sp³-hybridized carbons (Fsp3) is 0.300. The van der Waals surface area contributed by atoms with Crippen LogP contribution in [-0.2, 0) is 0 Å². The molecule has 0 aliphatic rings. The quantitative estimate of drug-likeness (QED) is 0.350. The fourth-order valence-corrected chi connectivity index (χ4v) is 2.28. The molecule has 0 heterocycles. The lowest BCUT2D eigenvalue weighted by Gasteiger charge is -2.13. The lowest BCUT2D eigenvalue weighted by Crippen LogP contribution is -2.24. The van der Waals surface area contributed by atoms with Gasteiger partial charge in [-0.05, 0) is 42.8 Å². The number of urea groups is 1. The minimum Gasteiger partial charge on any atom is -0.497 e. The van der Waals surface area contributed by atoms with Crippen molar-refractivity contribution in [3.63, 3.8) is 0 Å². The van der Waals surface area contributed by atoms with Crippen LogP contribution in [0.4, 0.5) is 4.79 Å². The molecule has 0 spiro atoms. The largest absolute Gasteiger partial charge is 0.497 e. The zero-order valence-electron chi connectivity index (χ0n) is 16.0. The minimum absolute atomic E-state index is 0.473. The summed E-state index contributed by atoms with van der Waals surface area (Å²) in [6, 6.07) is 12.1. The molecule has 0 unspecified atom stereocenters. The third-order valence-corrected chi connectivity index (χ3v) is 3.51. The maximum atomic E-state index is 10.6. The monoisotopic (exact) mass is 387 g/mol. The average Bonchev–Trinajstić information content (AvgIpc) is 2.69. The highest BCUT2D eigenvalue weighted by molar-refractivity contribution is 5.82. The summed E-state index contributed by atoms with van der Waals surface area (Å²) in [5.74, 6) is 2.73.